The minimum absolute atomic E-state index is 0.121. The van der Waals surface area contributed by atoms with Gasteiger partial charge in [-0.05, 0) is 34.0 Å². The quantitative estimate of drug-likeness (QED) is 0.611. The third-order valence-electron chi connectivity index (χ3n) is 2.67. The lowest BCUT2D eigenvalue weighted by molar-refractivity contribution is -0.116. The highest BCUT2D eigenvalue weighted by molar-refractivity contribution is 9.10. The number of anilines is 2. The number of amides is 1. The van der Waals surface area contributed by atoms with Gasteiger partial charge in [-0.3, -0.25) is 4.79 Å². The maximum atomic E-state index is 11.7. The second-order valence-electron chi connectivity index (χ2n) is 3.72. The summed E-state index contributed by atoms with van der Waals surface area (Å²) in [5.74, 6) is -0.674. The highest BCUT2D eigenvalue weighted by Gasteiger charge is 2.25. The number of benzene rings is 1. The van der Waals surface area contributed by atoms with Crippen LogP contribution in [0.3, 0.4) is 0 Å². The van der Waals surface area contributed by atoms with Gasteiger partial charge in [0.1, 0.15) is 5.56 Å². The van der Waals surface area contributed by atoms with Crippen molar-refractivity contribution < 1.29 is 14.3 Å². The lowest BCUT2D eigenvalue weighted by Crippen LogP contribution is -2.23. The van der Waals surface area contributed by atoms with E-state index in [9.17, 15) is 9.59 Å². The Morgan fingerprint density at radius 3 is 2.88 bits per heavy atom. The molecular weight excluding hydrogens is 288 g/mol. The summed E-state index contributed by atoms with van der Waals surface area (Å²) in [7, 11) is 1.28. The maximum absolute atomic E-state index is 11.7. The Morgan fingerprint density at radius 1 is 1.53 bits per heavy atom. The molecule has 1 aliphatic rings. The van der Waals surface area contributed by atoms with E-state index in [1.165, 1.54) is 7.11 Å². The molecule has 0 spiro atoms. The van der Waals surface area contributed by atoms with Gasteiger partial charge in [-0.25, -0.2) is 4.79 Å². The Balaban J connectivity index is 2.66. The summed E-state index contributed by atoms with van der Waals surface area (Å²) in [6.07, 6.45) is 0.994. The van der Waals surface area contributed by atoms with Crippen molar-refractivity contribution in [3.63, 3.8) is 0 Å². The zero-order valence-corrected chi connectivity index (χ0v) is 10.8. The number of aryl methyl sites for hydroxylation is 1. The molecule has 1 amide bonds. The number of hydrogen-bond acceptors (Lipinski definition) is 4. The van der Waals surface area contributed by atoms with E-state index >= 15 is 0 Å². The minimum Gasteiger partial charge on any atom is -0.465 e. The molecule has 6 heteroatoms. The first-order valence-corrected chi connectivity index (χ1v) is 5.83. The van der Waals surface area contributed by atoms with Gasteiger partial charge in [-0.2, -0.15) is 0 Å². The molecule has 0 aromatic heterocycles. The summed E-state index contributed by atoms with van der Waals surface area (Å²) in [6, 6.07) is 1.82. The zero-order valence-electron chi connectivity index (χ0n) is 9.17. The smallest absolute Gasteiger partial charge is 0.342 e. The van der Waals surface area contributed by atoms with E-state index in [-0.39, 0.29) is 17.2 Å². The van der Waals surface area contributed by atoms with E-state index in [4.69, 9.17) is 5.73 Å². The molecule has 0 saturated heterocycles. The Kier molecular flexibility index (Phi) is 3.06. The summed E-state index contributed by atoms with van der Waals surface area (Å²) in [6.45, 7) is 0. The number of carbonyl (C=O) groups is 2. The third-order valence-corrected chi connectivity index (χ3v) is 3.33. The monoisotopic (exact) mass is 298 g/mol. The summed E-state index contributed by atoms with van der Waals surface area (Å²) in [4.78, 5) is 23.1. The van der Waals surface area contributed by atoms with Crippen molar-refractivity contribution in [2.45, 2.75) is 12.8 Å². The number of esters is 1. The zero-order chi connectivity index (χ0) is 12.6. The van der Waals surface area contributed by atoms with E-state index in [0.717, 1.165) is 5.56 Å². The molecule has 5 nitrogen and oxygen atoms in total. The molecule has 3 N–H and O–H groups in total. The van der Waals surface area contributed by atoms with E-state index in [1.807, 2.05) is 6.07 Å². The number of methoxy groups -OCH3 is 1. The number of nitrogen functional groups attached to an aromatic ring is 1. The normalized spacial score (nSPS) is 13.9. The molecule has 0 radical (unpaired) electrons. The molecule has 1 aromatic rings. The van der Waals surface area contributed by atoms with Crippen LogP contribution >= 0.6 is 15.9 Å². The first-order chi connectivity index (χ1) is 8.04. The van der Waals surface area contributed by atoms with Crippen LogP contribution in [0, 0.1) is 0 Å². The fourth-order valence-corrected chi connectivity index (χ4v) is 2.30. The Morgan fingerprint density at radius 2 is 2.24 bits per heavy atom. The molecule has 2 rings (SSSR count). The number of nitrogens with two attached hydrogens (primary N) is 1. The second-order valence-corrected chi connectivity index (χ2v) is 4.58. The summed E-state index contributed by atoms with van der Waals surface area (Å²) < 4.78 is 5.31. The molecule has 0 aliphatic carbocycles. The van der Waals surface area contributed by atoms with Gasteiger partial charge >= 0.3 is 5.97 Å². The fourth-order valence-electron chi connectivity index (χ4n) is 1.82. The molecule has 0 bridgehead atoms. The van der Waals surface area contributed by atoms with E-state index in [1.54, 1.807) is 0 Å². The van der Waals surface area contributed by atoms with Crippen LogP contribution in [-0.2, 0) is 16.0 Å². The average molecular weight is 299 g/mol. The van der Waals surface area contributed by atoms with Gasteiger partial charge < -0.3 is 15.8 Å². The summed E-state index contributed by atoms with van der Waals surface area (Å²) in [5.41, 5.74) is 7.67. The predicted octanol–water partition coefficient (Wildman–Crippen LogP) is 1.70. The Bertz CT molecular complexity index is 514. The van der Waals surface area contributed by atoms with Crippen molar-refractivity contribution in [3.05, 3.63) is 21.7 Å². The lowest BCUT2D eigenvalue weighted by Gasteiger charge is -2.21. The predicted molar refractivity (Wildman–Crippen MR) is 66.8 cm³/mol. The van der Waals surface area contributed by atoms with Gasteiger partial charge in [0.2, 0.25) is 5.91 Å². The lowest BCUT2D eigenvalue weighted by atomic mass is 9.98. The molecule has 17 heavy (non-hydrogen) atoms. The van der Waals surface area contributed by atoms with Crippen LogP contribution in [0.1, 0.15) is 22.3 Å². The molecule has 0 saturated carbocycles. The molecule has 0 unspecified atom stereocenters. The number of hydrogen-bond donors (Lipinski definition) is 2. The fraction of sp³-hybridized carbons (Fsp3) is 0.273. The first-order valence-electron chi connectivity index (χ1n) is 5.03. The number of halogens is 1. The van der Waals surface area contributed by atoms with E-state index in [0.29, 0.717) is 23.0 Å². The maximum Gasteiger partial charge on any atom is 0.342 e. The number of nitrogens with one attached hydrogen (secondary N) is 1. The van der Waals surface area contributed by atoms with E-state index < -0.39 is 5.97 Å². The molecule has 0 fully saturated rings. The van der Waals surface area contributed by atoms with Crippen molar-refractivity contribution in [2.75, 3.05) is 18.2 Å². The van der Waals surface area contributed by atoms with Crippen LogP contribution in [0.5, 0.6) is 0 Å². The van der Waals surface area contributed by atoms with Gasteiger partial charge in [0, 0.05) is 10.9 Å². The SMILES string of the molecule is COC(=O)c1c(N)c(Br)cc2c1NC(=O)CC2. The molecule has 90 valence electrons. The van der Waals surface area contributed by atoms with Crippen molar-refractivity contribution >= 4 is 39.2 Å². The van der Waals surface area contributed by atoms with Crippen LogP contribution in [0.2, 0.25) is 0 Å². The van der Waals surface area contributed by atoms with Gasteiger partial charge in [-0.1, -0.05) is 0 Å². The van der Waals surface area contributed by atoms with Gasteiger partial charge in [-0.15, -0.1) is 0 Å². The highest BCUT2D eigenvalue weighted by Crippen LogP contribution is 2.36. The van der Waals surface area contributed by atoms with E-state index in [2.05, 4.69) is 26.0 Å². The minimum atomic E-state index is -0.553. The Hall–Kier alpha value is -1.56. The highest BCUT2D eigenvalue weighted by atomic mass is 79.9. The first kappa shape index (κ1) is 11.9. The van der Waals surface area contributed by atoms with Crippen molar-refractivity contribution in [3.8, 4) is 0 Å². The molecular formula is C11H11BrN2O3. The van der Waals surface area contributed by atoms with Crippen molar-refractivity contribution in [1.82, 2.24) is 0 Å². The largest absolute Gasteiger partial charge is 0.465 e. The number of ether oxygens (including phenoxy) is 1. The number of rotatable bonds is 1. The third kappa shape index (κ3) is 2.00. The second kappa shape index (κ2) is 4.37. The average Bonchev–Trinajstić information content (AvgIpc) is 2.31. The standard InChI is InChI=1S/C11H11BrN2O3/c1-17-11(16)8-9(13)6(12)4-5-2-3-7(15)14-10(5)8/h4H,2-3,13H2,1H3,(H,14,15). The van der Waals surface area contributed by atoms with Crippen LogP contribution in [-0.4, -0.2) is 19.0 Å². The summed E-state index contributed by atoms with van der Waals surface area (Å²) >= 11 is 3.29. The van der Waals surface area contributed by atoms with Crippen LogP contribution < -0.4 is 11.1 Å². The Labute approximate surface area is 106 Å². The number of carbonyl (C=O) groups excluding carboxylic acids is 2. The van der Waals surface area contributed by atoms with Gasteiger partial charge in [0.15, 0.2) is 0 Å². The van der Waals surface area contributed by atoms with Gasteiger partial charge in [0.25, 0.3) is 0 Å². The molecule has 0 atom stereocenters. The van der Waals surface area contributed by atoms with Crippen LogP contribution in [0.15, 0.2) is 10.5 Å². The molecule has 1 heterocycles. The summed E-state index contributed by atoms with van der Waals surface area (Å²) in [5, 5.41) is 2.67. The van der Waals surface area contributed by atoms with Crippen LogP contribution in [0.25, 0.3) is 0 Å². The molecule has 1 aliphatic heterocycles. The topological polar surface area (TPSA) is 81.4 Å². The van der Waals surface area contributed by atoms with Gasteiger partial charge in [0.05, 0.1) is 18.5 Å². The van der Waals surface area contributed by atoms with Crippen molar-refractivity contribution in [2.24, 2.45) is 0 Å². The van der Waals surface area contributed by atoms with Crippen molar-refractivity contribution in [1.29, 1.82) is 0 Å². The van der Waals surface area contributed by atoms with Crippen LogP contribution in [0.4, 0.5) is 11.4 Å². The molecule has 1 aromatic carbocycles. The number of fused-ring (bicyclic) bond motifs is 1.